The molecule has 0 atom stereocenters. The van der Waals surface area contributed by atoms with E-state index in [0.717, 1.165) is 46.4 Å². The summed E-state index contributed by atoms with van der Waals surface area (Å²) >= 11 is 0. The molecule has 1 saturated carbocycles. The van der Waals surface area contributed by atoms with Crippen LogP contribution < -0.4 is 15.8 Å². The van der Waals surface area contributed by atoms with Gasteiger partial charge in [-0.05, 0) is 62.6 Å². The summed E-state index contributed by atoms with van der Waals surface area (Å²) in [6, 6.07) is 14.1. The molecule has 0 aliphatic heterocycles. The number of rotatable bonds is 8. The van der Waals surface area contributed by atoms with Crippen molar-refractivity contribution < 1.29 is 14.3 Å². The van der Waals surface area contributed by atoms with Gasteiger partial charge in [0.25, 0.3) is 0 Å². The quantitative estimate of drug-likeness (QED) is 0.381. The van der Waals surface area contributed by atoms with Crippen molar-refractivity contribution in [2.75, 3.05) is 17.7 Å². The number of amides is 1. The summed E-state index contributed by atoms with van der Waals surface area (Å²) in [4.78, 5) is 13.4. The van der Waals surface area contributed by atoms with Gasteiger partial charge in [-0.2, -0.15) is 4.80 Å². The molecule has 10 nitrogen and oxygen atoms in total. The summed E-state index contributed by atoms with van der Waals surface area (Å²) in [5, 5.41) is 15.3. The van der Waals surface area contributed by atoms with Crippen LogP contribution in [0.2, 0.25) is 0 Å². The number of tetrazole rings is 1. The molecule has 0 radical (unpaired) electrons. The van der Waals surface area contributed by atoms with Gasteiger partial charge in [-0.3, -0.25) is 5.32 Å². The number of aromatic nitrogens is 5. The van der Waals surface area contributed by atoms with Crippen molar-refractivity contribution >= 4 is 28.4 Å². The third-order valence-electron chi connectivity index (χ3n) is 6.15. The number of nitrogens with two attached hydrogens (primary N) is 1. The van der Waals surface area contributed by atoms with Gasteiger partial charge in [0.05, 0.1) is 29.5 Å². The molecular weight excluding hydrogens is 446 g/mol. The Bertz CT molecular complexity index is 1310. The lowest BCUT2D eigenvalue weighted by Gasteiger charge is -2.30. The van der Waals surface area contributed by atoms with E-state index in [1.54, 1.807) is 0 Å². The van der Waals surface area contributed by atoms with Gasteiger partial charge in [0.1, 0.15) is 12.4 Å². The summed E-state index contributed by atoms with van der Waals surface area (Å²) in [5.41, 5.74) is 11.1. The average molecular weight is 476 g/mol. The van der Waals surface area contributed by atoms with Crippen LogP contribution in [0.15, 0.2) is 48.8 Å². The van der Waals surface area contributed by atoms with E-state index in [1.165, 1.54) is 17.5 Å². The van der Waals surface area contributed by atoms with Gasteiger partial charge in [0.2, 0.25) is 0 Å². The zero-order chi connectivity index (χ0) is 24.4. The number of nitrogens with zero attached hydrogens (tertiary/aromatic N) is 5. The number of nitrogen functional groups attached to an aromatic ring is 1. The first-order valence-corrected chi connectivity index (χ1v) is 11.8. The van der Waals surface area contributed by atoms with Gasteiger partial charge < -0.3 is 19.8 Å². The van der Waals surface area contributed by atoms with Crippen molar-refractivity contribution in [1.29, 1.82) is 0 Å². The highest BCUT2D eigenvalue weighted by Crippen LogP contribution is 2.44. The number of fused-ring (bicyclic) bond motifs is 1. The molecule has 3 N–H and O–H groups in total. The van der Waals surface area contributed by atoms with Crippen molar-refractivity contribution in [2.45, 2.75) is 51.8 Å². The van der Waals surface area contributed by atoms with E-state index in [4.69, 9.17) is 15.2 Å². The molecule has 1 aliphatic rings. The summed E-state index contributed by atoms with van der Waals surface area (Å²) in [6.07, 6.45) is 4.18. The average Bonchev–Trinajstić information content (AvgIpc) is 3.40. The Balaban J connectivity index is 1.43. The Morgan fingerprint density at radius 2 is 2.00 bits per heavy atom. The van der Waals surface area contributed by atoms with Crippen molar-refractivity contribution in [1.82, 2.24) is 24.8 Å². The van der Waals surface area contributed by atoms with Crippen LogP contribution in [-0.4, -0.2) is 43.6 Å². The van der Waals surface area contributed by atoms with Crippen LogP contribution in [0.1, 0.15) is 39.2 Å². The number of anilines is 2. The van der Waals surface area contributed by atoms with Crippen LogP contribution in [0.4, 0.5) is 16.2 Å². The van der Waals surface area contributed by atoms with Crippen molar-refractivity contribution in [3.63, 3.8) is 0 Å². The van der Waals surface area contributed by atoms with E-state index in [1.807, 2.05) is 50.2 Å². The second kappa shape index (κ2) is 9.65. The number of carbonyl (C=O) groups is 1. The molecule has 1 fully saturated rings. The monoisotopic (exact) mass is 475 g/mol. The van der Waals surface area contributed by atoms with Crippen LogP contribution >= 0.6 is 0 Å². The molecule has 2 aromatic heterocycles. The number of hydrogen-bond donors (Lipinski definition) is 2. The Morgan fingerprint density at radius 1 is 1.20 bits per heavy atom. The van der Waals surface area contributed by atoms with E-state index in [9.17, 15) is 4.79 Å². The van der Waals surface area contributed by atoms with Gasteiger partial charge >= 0.3 is 6.09 Å². The summed E-state index contributed by atoms with van der Waals surface area (Å²) in [7, 11) is 0. The van der Waals surface area contributed by atoms with Crippen LogP contribution in [0.5, 0.6) is 5.75 Å². The molecular formula is C25H29N7O3. The van der Waals surface area contributed by atoms with Crippen LogP contribution in [0.25, 0.3) is 22.2 Å². The molecule has 10 heteroatoms. The van der Waals surface area contributed by atoms with Crippen molar-refractivity contribution in [3.8, 4) is 17.0 Å². The molecule has 5 rings (SSSR count). The normalized spacial score (nSPS) is 13.7. The minimum atomic E-state index is -0.469. The molecule has 2 heterocycles. The lowest BCUT2D eigenvalue weighted by molar-refractivity contribution is 0.130. The highest BCUT2D eigenvalue weighted by Gasteiger charge is 2.27. The predicted molar refractivity (Wildman–Crippen MR) is 133 cm³/mol. The largest absolute Gasteiger partial charge is 0.492 e. The number of nitrogens with one attached hydrogen (secondary N) is 1. The topological polar surface area (TPSA) is 122 Å². The molecule has 4 aromatic rings. The van der Waals surface area contributed by atoms with Crippen LogP contribution in [0, 0.1) is 0 Å². The molecule has 2 aromatic carbocycles. The summed E-state index contributed by atoms with van der Waals surface area (Å²) in [6.45, 7) is 4.58. The Labute approximate surface area is 203 Å². The minimum Gasteiger partial charge on any atom is -0.492 e. The predicted octanol–water partition coefficient (Wildman–Crippen LogP) is 4.64. The number of hydrogen-bond acceptors (Lipinski definition) is 7. The highest BCUT2D eigenvalue weighted by atomic mass is 16.6. The third kappa shape index (κ3) is 4.77. The lowest BCUT2D eigenvalue weighted by Crippen LogP contribution is -2.18. The first kappa shape index (κ1) is 22.7. The van der Waals surface area contributed by atoms with E-state index < -0.39 is 6.09 Å². The van der Waals surface area contributed by atoms with E-state index in [2.05, 4.69) is 31.4 Å². The molecule has 35 heavy (non-hydrogen) atoms. The second-order valence-corrected chi connectivity index (χ2v) is 8.93. The maximum Gasteiger partial charge on any atom is 0.411 e. The maximum atomic E-state index is 11.9. The van der Waals surface area contributed by atoms with Gasteiger partial charge in [-0.1, -0.05) is 12.1 Å². The molecule has 182 valence electrons. The zero-order valence-electron chi connectivity index (χ0n) is 19.8. The van der Waals surface area contributed by atoms with E-state index in [0.29, 0.717) is 24.9 Å². The van der Waals surface area contributed by atoms with Crippen LogP contribution in [0.3, 0.4) is 0 Å². The highest BCUT2D eigenvalue weighted by molar-refractivity contribution is 6.01. The maximum absolute atomic E-state index is 11.9. The lowest BCUT2D eigenvalue weighted by atomic mass is 9.92. The van der Waals surface area contributed by atoms with E-state index in [-0.39, 0.29) is 6.10 Å². The van der Waals surface area contributed by atoms with Crippen molar-refractivity contribution in [2.24, 2.45) is 0 Å². The Hall–Kier alpha value is -4.08. The minimum absolute atomic E-state index is 0.180. The fraction of sp³-hybridized carbons (Fsp3) is 0.360. The van der Waals surface area contributed by atoms with Gasteiger partial charge in [0.15, 0.2) is 6.33 Å². The number of benzene rings is 2. The molecule has 0 unspecified atom stereocenters. The number of carbonyl (C=O) groups excluding carboxylic acids is 1. The fourth-order valence-corrected chi connectivity index (χ4v) is 4.33. The van der Waals surface area contributed by atoms with Gasteiger partial charge in [0, 0.05) is 28.7 Å². The van der Waals surface area contributed by atoms with Gasteiger partial charge in [-0.25, -0.2) is 4.79 Å². The fourth-order valence-electron chi connectivity index (χ4n) is 4.33. The van der Waals surface area contributed by atoms with E-state index >= 15 is 0 Å². The SMILES string of the molecule is CC(C)OC(=O)Nc1ccc(-c2c(N)c3ccc(OCCn4ncnn4)cc3n2C2CCC2)cc1. The standard InChI is InChI=1S/C25H29N7O3/c1-16(2)35-25(33)29-18-8-6-17(7-9-18)24-23(26)21-11-10-20(34-13-12-31-28-15-27-30-31)14-22(21)32(24)19-4-3-5-19/h6-11,14-16,19H,3-5,12-13,26H2,1-2H3,(H,29,33). The summed E-state index contributed by atoms with van der Waals surface area (Å²) < 4.78 is 13.5. The molecule has 1 aliphatic carbocycles. The molecule has 0 saturated heterocycles. The third-order valence-corrected chi connectivity index (χ3v) is 6.15. The Kier molecular flexibility index (Phi) is 6.26. The first-order valence-electron chi connectivity index (χ1n) is 11.8. The number of ether oxygens (including phenoxy) is 2. The van der Waals surface area contributed by atoms with Crippen molar-refractivity contribution in [3.05, 3.63) is 48.8 Å². The smallest absolute Gasteiger partial charge is 0.411 e. The molecule has 0 spiro atoms. The first-order chi connectivity index (χ1) is 17.0. The summed E-state index contributed by atoms with van der Waals surface area (Å²) in [5.74, 6) is 0.769. The van der Waals surface area contributed by atoms with Crippen LogP contribution in [-0.2, 0) is 11.3 Å². The molecule has 0 bridgehead atoms. The Morgan fingerprint density at radius 3 is 2.66 bits per heavy atom. The second-order valence-electron chi connectivity index (χ2n) is 8.93. The van der Waals surface area contributed by atoms with Gasteiger partial charge in [-0.15, -0.1) is 10.2 Å². The zero-order valence-corrected chi connectivity index (χ0v) is 19.8. The molecule has 1 amide bonds.